The van der Waals surface area contributed by atoms with Crippen molar-refractivity contribution in [1.82, 2.24) is 9.55 Å². The monoisotopic (exact) mass is 398 g/mol. The highest BCUT2D eigenvalue weighted by Gasteiger charge is 2.22. The second kappa shape index (κ2) is 7.52. The van der Waals surface area contributed by atoms with Crippen LogP contribution >= 0.6 is 23.5 Å². The van der Waals surface area contributed by atoms with Gasteiger partial charge in [-0.1, -0.05) is 30.0 Å². The van der Waals surface area contributed by atoms with Crippen molar-refractivity contribution in [3.05, 3.63) is 81.0 Å². The highest BCUT2D eigenvalue weighted by Crippen LogP contribution is 2.31. The number of nitrogens with zero attached hydrogens (tertiary/aromatic N) is 2. The molecule has 27 heavy (non-hydrogen) atoms. The van der Waals surface area contributed by atoms with E-state index in [0.29, 0.717) is 10.9 Å². The van der Waals surface area contributed by atoms with Crippen LogP contribution in [-0.2, 0) is 12.2 Å². The van der Waals surface area contributed by atoms with E-state index < -0.39 is 0 Å². The summed E-state index contributed by atoms with van der Waals surface area (Å²) in [6.07, 6.45) is 0.816. The Labute approximate surface area is 166 Å². The molecule has 0 saturated carbocycles. The van der Waals surface area contributed by atoms with E-state index >= 15 is 0 Å². The average molecular weight is 399 g/mol. The zero-order chi connectivity index (χ0) is 19.0. The van der Waals surface area contributed by atoms with Crippen molar-refractivity contribution in [2.75, 3.05) is 5.75 Å². The minimum atomic E-state index is -0.252. The molecule has 0 atom stereocenters. The number of aryl methyl sites for hydroxylation is 3. The molecule has 138 valence electrons. The van der Waals surface area contributed by atoms with Crippen molar-refractivity contribution in [3.63, 3.8) is 0 Å². The molecular formula is C21H19FN2OS2. The van der Waals surface area contributed by atoms with Crippen LogP contribution in [0.5, 0.6) is 0 Å². The molecule has 1 aromatic heterocycles. The van der Waals surface area contributed by atoms with E-state index in [0.717, 1.165) is 45.1 Å². The molecule has 1 aliphatic rings. The Balaban J connectivity index is 1.80. The Hall–Kier alpha value is -2.05. The molecule has 0 amide bonds. The number of fused-ring (bicyclic) bond motifs is 1. The predicted octanol–water partition coefficient (Wildman–Crippen LogP) is 4.93. The zero-order valence-corrected chi connectivity index (χ0v) is 16.8. The van der Waals surface area contributed by atoms with E-state index in [1.54, 1.807) is 22.4 Å². The first-order chi connectivity index (χ1) is 13.0. The summed E-state index contributed by atoms with van der Waals surface area (Å²) < 4.78 is 15.2. The average Bonchev–Trinajstić information content (AvgIpc) is 3.08. The van der Waals surface area contributed by atoms with E-state index in [1.165, 1.54) is 23.9 Å². The first-order valence-corrected chi connectivity index (χ1v) is 10.7. The number of thioether (sulfide) groups is 2. The molecule has 0 radical (unpaired) electrons. The summed E-state index contributed by atoms with van der Waals surface area (Å²) in [5, 5.41) is 0.663. The minimum absolute atomic E-state index is 0.00533. The third-order valence-corrected chi connectivity index (χ3v) is 6.51. The van der Waals surface area contributed by atoms with Crippen LogP contribution in [0.1, 0.15) is 22.4 Å². The molecule has 2 aromatic carbocycles. The molecule has 3 aromatic rings. The smallest absolute Gasteiger partial charge is 0.268 e. The molecule has 0 saturated heterocycles. The van der Waals surface area contributed by atoms with Crippen molar-refractivity contribution in [1.29, 1.82) is 0 Å². The largest absolute Gasteiger partial charge is 0.272 e. The molecule has 0 fully saturated rings. The summed E-state index contributed by atoms with van der Waals surface area (Å²) in [6, 6.07) is 12.7. The summed E-state index contributed by atoms with van der Waals surface area (Å²) in [5.41, 5.74) is 4.79. The SMILES string of the molecule is Cc1cc(C)cc(-n2c(SCc3cccc(F)c3)nc3c(c2=O)SCC3)c1. The maximum absolute atomic E-state index is 13.5. The fourth-order valence-corrected chi connectivity index (χ4v) is 5.27. The Morgan fingerprint density at radius 1 is 1.19 bits per heavy atom. The third kappa shape index (κ3) is 3.82. The number of halogens is 1. The van der Waals surface area contributed by atoms with E-state index in [9.17, 15) is 9.18 Å². The lowest BCUT2D eigenvalue weighted by molar-refractivity contribution is 0.626. The Bertz CT molecular complexity index is 1060. The Morgan fingerprint density at radius 3 is 2.70 bits per heavy atom. The number of benzene rings is 2. The lowest BCUT2D eigenvalue weighted by Gasteiger charge is -2.15. The van der Waals surface area contributed by atoms with Crippen molar-refractivity contribution >= 4 is 23.5 Å². The number of aromatic nitrogens is 2. The van der Waals surface area contributed by atoms with Crippen molar-refractivity contribution in [2.24, 2.45) is 0 Å². The molecule has 0 spiro atoms. The third-order valence-electron chi connectivity index (χ3n) is 4.39. The Kier molecular flexibility index (Phi) is 5.10. The summed E-state index contributed by atoms with van der Waals surface area (Å²) in [6.45, 7) is 4.05. The Morgan fingerprint density at radius 2 is 1.96 bits per heavy atom. The van der Waals surface area contributed by atoms with E-state index in [1.807, 2.05) is 32.0 Å². The van der Waals surface area contributed by atoms with Gasteiger partial charge in [-0.3, -0.25) is 9.36 Å². The highest BCUT2D eigenvalue weighted by molar-refractivity contribution is 7.99. The van der Waals surface area contributed by atoms with Crippen molar-refractivity contribution in [3.8, 4) is 5.69 Å². The highest BCUT2D eigenvalue weighted by atomic mass is 32.2. The molecule has 3 nitrogen and oxygen atoms in total. The molecule has 0 unspecified atom stereocenters. The molecule has 1 aliphatic heterocycles. The van der Waals surface area contributed by atoms with Gasteiger partial charge in [0.25, 0.3) is 5.56 Å². The van der Waals surface area contributed by atoms with Crippen LogP contribution in [-0.4, -0.2) is 15.3 Å². The van der Waals surface area contributed by atoms with Gasteiger partial charge in [0.15, 0.2) is 5.16 Å². The van der Waals surface area contributed by atoms with Gasteiger partial charge in [-0.05, 0) is 54.8 Å². The van der Waals surface area contributed by atoms with Gasteiger partial charge in [0.1, 0.15) is 5.82 Å². The van der Waals surface area contributed by atoms with Gasteiger partial charge in [0.05, 0.1) is 16.3 Å². The zero-order valence-electron chi connectivity index (χ0n) is 15.2. The van der Waals surface area contributed by atoms with Crippen LogP contribution in [0, 0.1) is 19.7 Å². The van der Waals surface area contributed by atoms with Crippen LogP contribution in [0.25, 0.3) is 5.69 Å². The first kappa shape index (κ1) is 18.3. The lowest BCUT2D eigenvalue weighted by Crippen LogP contribution is -2.24. The molecule has 0 aliphatic carbocycles. The van der Waals surface area contributed by atoms with Gasteiger partial charge in [-0.15, -0.1) is 11.8 Å². The van der Waals surface area contributed by atoms with E-state index in [2.05, 4.69) is 6.07 Å². The lowest BCUT2D eigenvalue weighted by atomic mass is 10.1. The van der Waals surface area contributed by atoms with Crippen LogP contribution in [0.4, 0.5) is 4.39 Å². The van der Waals surface area contributed by atoms with Gasteiger partial charge in [0.2, 0.25) is 0 Å². The fraction of sp³-hybridized carbons (Fsp3) is 0.238. The van der Waals surface area contributed by atoms with Gasteiger partial charge >= 0.3 is 0 Å². The predicted molar refractivity (Wildman–Crippen MR) is 110 cm³/mol. The second-order valence-electron chi connectivity index (χ2n) is 6.67. The standard InChI is InChI=1S/C21H19FN2OS2/c1-13-8-14(2)10-17(9-13)24-20(25)19-18(6-7-26-19)23-21(24)27-12-15-4-3-5-16(22)11-15/h3-5,8-11H,6-7,12H2,1-2H3. The molecule has 4 rings (SSSR count). The minimum Gasteiger partial charge on any atom is -0.268 e. The quantitative estimate of drug-likeness (QED) is 0.461. The number of hydrogen-bond acceptors (Lipinski definition) is 4. The summed E-state index contributed by atoms with van der Waals surface area (Å²) in [7, 11) is 0. The topological polar surface area (TPSA) is 34.9 Å². The maximum Gasteiger partial charge on any atom is 0.272 e. The molecule has 2 heterocycles. The van der Waals surface area contributed by atoms with Crippen molar-refractivity contribution < 1.29 is 4.39 Å². The van der Waals surface area contributed by atoms with E-state index in [-0.39, 0.29) is 11.4 Å². The van der Waals surface area contributed by atoms with Crippen LogP contribution < -0.4 is 5.56 Å². The van der Waals surface area contributed by atoms with Crippen molar-refractivity contribution in [2.45, 2.75) is 36.1 Å². The number of rotatable bonds is 4. The number of hydrogen-bond donors (Lipinski definition) is 0. The summed E-state index contributed by atoms with van der Waals surface area (Å²) in [4.78, 5) is 18.8. The summed E-state index contributed by atoms with van der Waals surface area (Å²) in [5.74, 6) is 1.20. The second-order valence-corrected chi connectivity index (χ2v) is 8.72. The molecule has 6 heteroatoms. The van der Waals surface area contributed by atoms with Crippen LogP contribution in [0.3, 0.4) is 0 Å². The van der Waals surface area contributed by atoms with E-state index in [4.69, 9.17) is 4.98 Å². The molecular weight excluding hydrogens is 379 g/mol. The molecule has 0 N–H and O–H groups in total. The fourth-order valence-electron chi connectivity index (χ4n) is 3.27. The van der Waals surface area contributed by atoms with Gasteiger partial charge in [-0.2, -0.15) is 0 Å². The van der Waals surface area contributed by atoms with Gasteiger partial charge in [-0.25, -0.2) is 9.37 Å². The van der Waals surface area contributed by atoms with Crippen LogP contribution in [0.15, 0.2) is 57.3 Å². The molecule has 0 bridgehead atoms. The first-order valence-electron chi connectivity index (χ1n) is 8.76. The van der Waals surface area contributed by atoms with Gasteiger partial charge < -0.3 is 0 Å². The van der Waals surface area contributed by atoms with Crippen LogP contribution in [0.2, 0.25) is 0 Å². The summed E-state index contributed by atoms with van der Waals surface area (Å²) >= 11 is 3.05. The maximum atomic E-state index is 13.5. The van der Waals surface area contributed by atoms with Gasteiger partial charge in [0, 0.05) is 17.9 Å². The normalized spacial score (nSPS) is 13.0.